The lowest BCUT2D eigenvalue weighted by Gasteiger charge is -2.22. The van der Waals surface area contributed by atoms with E-state index in [0.29, 0.717) is 6.10 Å². The first kappa shape index (κ1) is 22.9. The molecule has 28 heavy (non-hydrogen) atoms. The molecule has 154 valence electrons. The fourth-order valence-electron chi connectivity index (χ4n) is 3.67. The van der Waals surface area contributed by atoms with Crippen molar-refractivity contribution in [2.24, 2.45) is 4.99 Å². The summed E-state index contributed by atoms with van der Waals surface area (Å²) in [5.41, 5.74) is 2.35. The van der Waals surface area contributed by atoms with E-state index in [1.165, 1.54) is 43.1 Å². The number of guanidine groups is 1. The number of benzene rings is 1. The van der Waals surface area contributed by atoms with Crippen molar-refractivity contribution in [2.75, 3.05) is 26.7 Å². The third-order valence-electron chi connectivity index (χ3n) is 5.15. The Labute approximate surface area is 185 Å². The van der Waals surface area contributed by atoms with Gasteiger partial charge in [-0.05, 0) is 37.3 Å². The van der Waals surface area contributed by atoms with Gasteiger partial charge in [0.05, 0.1) is 11.6 Å². The van der Waals surface area contributed by atoms with Gasteiger partial charge in [0.15, 0.2) is 5.96 Å². The van der Waals surface area contributed by atoms with Crippen molar-refractivity contribution in [3.63, 3.8) is 0 Å². The highest BCUT2D eigenvalue weighted by Crippen LogP contribution is 2.20. The smallest absolute Gasteiger partial charge is 0.190 e. The lowest BCUT2D eigenvalue weighted by molar-refractivity contribution is 0.0277. The number of para-hydroxylation sites is 1. The minimum absolute atomic E-state index is 0. The molecule has 0 radical (unpaired) electrons. The van der Waals surface area contributed by atoms with Crippen LogP contribution in [-0.2, 0) is 11.2 Å². The molecule has 0 spiro atoms. The molecule has 3 rings (SSSR count). The van der Waals surface area contributed by atoms with Crippen LogP contribution >= 0.6 is 24.0 Å². The Morgan fingerprint density at radius 3 is 2.71 bits per heavy atom. The van der Waals surface area contributed by atoms with Gasteiger partial charge in [-0.25, -0.2) is 0 Å². The summed E-state index contributed by atoms with van der Waals surface area (Å²) in [6.07, 6.45) is 10.8. The average molecular weight is 496 g/mol. The summed E-state index contributed by atoms with van der Waals surface area (Å²) >= 11 is 0. The van der Waals surface area contributed by atoms with Gasteiger partial charge in [-0.15, -0.1) is 24.0 Å². The average Bonchev–Trinajstić information content (AvgIpc) is 2.73. The van der Waals surface area contributed by atoms with Gasteiger partial charge in [0.2, 0.25) is 0 Å². The zero-order valence-electron chi connectivity index (χ0n) is 16.8. The van der Waals surface area contributed by atoms with E-state index in [1.807, 2.05) is 19.3 Å². The third kappa shape index (κ3) is 7.20. The van der Waals surface area contributed by atoms with Crippen molar-refractivity contribution in [1.82, 2.24) is 15.6 Å². The van der Waals surface area contributed by atoms with Crippen LogP contribution in [0, 0.1) is 0 Å². The number of hydrogen-bond donors (Lipinski definition) is 2. The second kappa shape index (κ2) is 12.9. The molecular formula is C22H33IN4O. The lowest BCUT2D eigenvalue weighted by atomic mass is 9.98. The third-order valence-corrected chi connectivity index (χ3v) is 5.15. The van der Waals surface area contributed by atoms with Crippen molar-refractivity contribution in [1.29, 1.82) is 0 Å². The highest BCUT2D eigenvalue weighted by atomic mass is 127. The van der Waals surface area contributed by atoms with Gasteiger partial charge in [0, 0.05) is 38.3 Å². The summed E-state index contributed by atoms with van der Waals surface area (Å²) in [6.45, 7) is 2.53. The summed E-state index contributed by atoms with van der Waals surface area (Å²) in [5, 5.41) is 7.96. The van der Waals surface area contributed by atoms with Crippen molar-refractivity contribution in [3.05, 3.63) is 42.1 Å². The zero-order chi connectivity index (χ0) is 18.7. The number of hydrogen-bond acceptors (Lipinski definition) is 3. The van der Waals surface area contributed by atoms with Crippen molar-refractivity contribution >= 4 is 40.8 Å². The Hall–Kier alpha value is -1.41. The van der Waals surface area contributed by atoms with Crippen LogP contribution in [-0.4, -0.2) is 43.8 Å². The van der Waals surface area contributed by atoms with E-state index in [2.05, 4.69) is 44.9 Å². The van der Waals surface area contributed by atoms with Crippen LogP contribution in [0.3, 0.4) is 0 Å². The lowest BCUT2D eigenvalue weighted by Crippen LogP contribution is -2.39. The molecule has 1 aliphatic carbocycles. The normalized spacial score (nSPS) is 15.2. The largest absolute Gasteiger partial charge is 0.378 e. The van der Waals surface area contributed by atoms with Crippen molar-refractivity contribution in [3.8, 4) is 0 Å². The molecule has 2 aromatic rings. The number of pyridine rings is 1. The van der Waals surface area contributed by atoms with Gasteiger partial charge in [-0.2, -0.15) is 0 Å². The van der Waals surface area contributed by atoms with Crippen LogP contribution in [0.25, 0.3) is 10.9 Å². The first-order valence-electron chi connectivity index (χ1n) is 10.3. The molecule has 6 heteroatoms. The number of aliphatic imine (C=N–C) groups is 1. The minimum Gasteiger partial charge on any atom is -0.378 e. The van der Waals surface area contributed by atoms with Crippen LogP contribution in [0.5, 0.6) is 0 Å². The second-order valence-electron chi connectivity index (χ2n) is 7.15. The Bertz CT molecular complexity index is 726. The highest BCUT2D eigenvalue weighted by Gasteiger charge is 2.13. The number of halogens is 1. The monoisotopic (exact) mass is 496 g/mol. The topological polar surface area (TPSA) is 58.5 Å². The Kier molecular flexibility index (Phi) is 10.6. The van der Waals surface area contributed by atoms with E-state index >= 15 is 0 Å². The van der Waals surface area contributed by atoms with Gasteiger partial charge < -0.3 is 15.4 Å². The number of ether oxygens (including phenoxy) is 1. The fraction of sp³-hybridized carbons (Fsp3) is 0.545. The number of fused-ring (bicyclic) bond motifs is 1. The van der Waals surface area contributed by atoms with Gasteiger partial charge >= 0.3 is 0 Å². The molecule has 0 bridgehead atoms. The molecule has 1 saturated carbocycles. The molecule has 1 aromatic carbocycles. The minimum atomic E-state index is 0. The molecule has 1 fully saturated rings. The molecular weight excluding hydrogens is 463 g/mol. The predicted octanol–water partition coefficient (Wildman–Crippen LogP) is 4.30. The molecule has 0 atom stereocenters. The maximum Gasteiger partial charge on any atom is 0.190 e. The summed E-state index contributed by atoms with van der Waals surface area (Å²) in [4.78, 5) is 8.83. The summed E-state index contributed by atoms with van der Waals surface area (Å²) in [7, 11) is 1.81. The quantitative estimate of drug-likeness (QED) is 0.248. The molecule has 0 amide bonds. The Morgan fingerprint density at radius 2 is 1.89 bits per heavy atom. The van der Waals surface area contributed by atoms with Crippen LogP contribution < -0.4 is 10.6 Å². The van der Waals surface area contributed by atoms with E-state index in [4.69, 9.17) is 4.74 Å². The summed E-state index contributed by atoms with van der Waals surface area (Å²) < 4.78 is 5.97. The maximum atomic E-state index is 5.97. The number of nitrogens with zero attached hydrogens (tertiary/aromatic N) is 2. The molecule has 0 unspecified atom stereocenters. The maximum absolute atomic E-state index is 5.97. The molecule has 1 aromatic heterocycles. The van der Waals surface area contributed by atoms with Crippen LogP contribution in [0.4, 0.5) is 0 Å². The SMILES string of the molecule is CN=C(NCCCOC1CCCCC1)NCCc1cccc2cccnc12.I. The molecule has 2 N–H and O–H groups in total. The van der Waals surface area contributed by atoms with Crippen LogP contribution in [0.1, 0.15) is 44.1 Å². The second-order valence-corrected chi connectivity index (χ2v) is 7.15. The van der Waals surface area contributed by atoms with Crippen LogP contribution in [0.2, 0.25) is 0 Å². The van der Waals surface area contributed by atoms with Crippen LogP contribution in [0.15, 0.2) is 41.5 Å². The highest BCUT2D eigenvalue weighted by molar-refractivity contribution is 14.0. The molecule has 1 aliphatic rings. The fourth-order valence-corrected chi connectivity index (χ4v) is 3.67. The standard InChI is InChI=1S/C22H32N4O.HI/c1-23-22(25-15-7-17-27-20-11-3-2-4-12-20)26-16-13-19-9-5-8-18-10-6-14-24-21(18)19;/h5-6,8-10,14,20H,2-4,7,11-13,15-17H2,1H3,(H2,23,25,26);1H. The zero-order valence-corrected chi connectivity index (χ0v) is 19.2. The molecule has 0 saturated heterocycles. The number of nitrogens with one attached hydrogen (secondary N) is 2. The van der Waals surface area contributed by atoms with E-state index in [9.17, 15) is 0 Å². The van der Waals surface area contributed by atoms with Crippen molar-refractivity contribution < 1.29 is 4.74 Å². The van der Waals surface area contributed by atoms with E-state index in [0.717, 1.165) is 44.0 Å². The summed E-state index contributed by atoms with van der Waals surface area (Å²) in [6, 6.07) is 10.4. The van der Waals surface area contributed by atoms with Gasteiger partial charge in [-0.3, -0.25) is 9.98 Å². The number of rotatable bonds is 8. The van der Waals surface area contributed by atoms with Gasteiger partial charge in [0.1, 0.15) is 0 Å². The van der Waals surface area contributed by atoms with Crippen molar-refractivity contribution in [2.45, 2.75) is 51.0 Å². The Morgan fingerprint density at radius 1 is 1.11 bits per heavy atom. The van der Waals surface area contributed by atoms with E-state index < -0.39 is 0 Å². The number of aromatic nitrogens is 1. The Balaban J connectivity index is 0.00000280. The molecule has 5 nitrogen and oxygen atoms in total. The van der Waals surface area contributed by atoms with Gasteiger partial charge in [0.25, 0.3) is 0 Å². The predicted molar refractivity (Wildman–Crippen MR) is 128 cm³/mol. The summed E-state index contributed by atoms with van der Waals surface area (Å²) in [5.74, 6) is 0.848. The van der Waals surface area contributed by atoms with E-state index in [1.54, 1.807) is 0 Å². The molecule has 0 aliphatic heterocycles. The first-order valence-corrected chi connectivity index (χ1v) is 10.3. The first-order chi connectivity index (χ1) is 13.4. The molecule has 1 heterocycles. The van der Waals surface area contributed by atoms with E-state index in [-0.39, 0.29) is 24.0 Å². The van der Waals surface area contributed by atoms with Gasteiger partial charge in [-0.1, -0.05) is 43.5 Å².